The van der Waals surface area contributed by atoms with Crippen LogP contribution in [0.25, 0.3) is 11.0 Å². The summed E-state index contributed by atoms with van der Waals surface area (Å²) in [4.78, 5) is 29.9. The number of aryl methyl sites for hydroxylation is 2. The van der Waals surface area contributed by atoms with E-state index in [9.17, 15) is 9.59 Å². The van der Waals surface area contributed by atoms with Crippen LogP contribution in [-0.2, 0) is 16.6 Å². The first-order valence-corrected chi connectivity index (χ1v) is 10.1. The van der Waals surface area contributed by atoms with Gasteiger partial charge in [0.05, 0.1) is 35.5 Å². The number of carbonyl (C=O) groups is 2. The first-order valence-electron chi connectivity index (χ1n) is 9.07. The number of carbonyl (C=O) groups excluding carboxylic acids is 2. The van der Waals surface area contributed by atoms with Crippen molar-refractivity contribution in [3.05, 3.63) is 47.8 Å². The van der Waals surface area contributed by atoms with Gasteiger partial charge in [-0.15, -0.1) is 11.8 Å². The number of hydrogen-bond acceptors (Lipinski definition) is 6. The van der Waals surface area contributed by atoms with Crippen LogP contribution < -0.4 is 10.6 Å². The van der Waals surface area contributed by atoms with E-state index in [2.05, 4.69) is 20.7 Å². The van der Waals surface area contributed by atoms with Crippen LogP contribution in [-0.4, -0.2) is 52.6 Å². The van der Waals surface area contributed by atoms with Gasteiger partial charge in [0.25, 0.3) is 5.91 Å². The molecule has 2 amide bonds. The third kappa shape index (κ3) is 5.12. The Labute approximate surface area is 173 Å². The fourth-order valence-electron chi connectivity index (χ4n) is 2.84. The molecule has 0 bridgehead atoms. The number of hydrogen-bond donors (Lipinski definition) is 2. The molecule has 0 saturated carbocycles. The summed E-state index contributed by atoms with van der Waals surface area (Å²) >= 11 is 1.32. The molecular formula is C20H23N5O3S. The maximum Gasteiger partial charge on any atom is 0.256 e. The van der Waals surface area contributed by atoms with Gasteiger partial charge in [0.2, 0.25) is 5.91 Å². The zero-order chi connectivity index (χ0) is 20.8. The van der Waals surface area contributed by atoms with Crippen molar-refractivity contribution in [2.45, 2.75) is 11.8 Å². The number of anilines is 1. The lowest BCUT2D eigenvalue weighted by Gasteiger charge is -2.10. The molecular weight excluding hydrogens is 390 g/mol. The van der Waals surface area contributed by atoms with Crippen LogP contribution in [0.2, 0.25) is 0 Å². The van der Waals surface area contributed by atoms with E-state index >= 15 is 0 Å². The molecule has 0 unspecified atom stereocenters. The zero-order valence-electron chi connectivity index (χ0n) is 16.6. The van der Waals surface area contributed by atoms with Crippen molar-refractivity contribution in [2.24, 2.45) is 7.05 Å². The molecule has 0 atom stereocenters. The summed E-state index contributed by atoms with van der Waals surface area (Å²) in [5.74, 6) is -0.143. The van der Waals surface area contributed by atoms with E-state index in [0.29, 0.717) is 24.4 Å². The number of thioether (sulfide) groups is 1. The van der Waals surface area contributed by atoms with Crippen molar-refractivity contribution in [3.63, 3.8) is 0 Å². The second-order valence-corrected chi connectivity index (χ2v) is 7.40. The molecule has 0 aliphatic rings. The second kappa shape index (κ2) is 9.53. The minimum atomic E-state index is -0.254. The lowest BCUT2D eigenvalue weighted by molar-refractivity contribution is -0.118. The topological polar surface area (TPSA) is 98.1 Å². The standard InChI is InChI=1S/C20H23N5O3S/c1-13-16-10-14(11-22-19(16)25(2)24-13)23-20(27)15-6-4-5-7-17(15)29-12-18(26)21-8-9-28-3/h4-7,10-11H,8-9,12H2,1-3H3,(H,21,26)(H,23,27). The van der Waals surface area contributed by atoms with Crippen LogP contribution in [0.3, 0.4) is 0 Å². The Balaban J connectivity index is 1.70. The first kappa shape index (κ1) is 20.8. The van der Waals surface area contributed by atoms with E-state index in [1.807, 2.05) is 32.2 Å². The van der Waals surface area contributed by atoms with E-state index < -0.39 is 0 Å². The van der Waals surface area contributed by atoms with Crippen molar-refractivity contribution >= 4 is 40.3 Å². The summed E-state index contributed by atoms with van der Waals surface area (Å²) < 4.78 is 6.62. The monoisotopic (exact) mass is 413 g/mol. The van der Waals surface area contributed by atoms with E-state index in [1.165, 1.54) is 11.8 Å². The van der Waals surface area contributed by atoms with Gasteiger partial charge < -0.3 is 15.4 Å². The van der Waals surface area contributed by atoms with Crippen LogP contribution in [0.4, 0.5) is 5.69 Å². The summed E-state index contributed by atoms with van der Waals surface area (Å²) in [5, 5.41) is 10.9. The quantitative estimate of drug-likeness (QED) is 0.435. The largest absolute Gasteiger partial charge is 0.383 e. The van der Waals surface area contributed by atoms with Gasteiger partial charge in [0, 0.05) is 31.0 Å². The minimum Gasteiger partial charge on any atom is -0.383 e. The fraction of sp³-hybridized carbons (Fsp3) is 0.300. The van der Waals surface area contributed by atoms with Gasteiger partial charge in [-0.3, -0.25) is 14.3 Å². The van der Waals surface area contributed by atoms with Crippen LogP contribution in [0.1, 0.15) is 16.1 Å². The number of aromatic nitrogens is 3. The smallest absolute Gasteiger partial charge is 0.256 e. The maximum atomic E-state index is 12.8. The number of pyridine rings is 1. The molecule has 9 heteroatoms. The third-order valence-electron chi connectivity index (χ3n) is 4.24. The highest BCUT2D eigenvalue weighted by molar-refractivity contribution is 8.00. The highest BCUT2D eigenvalue weighted by atomic mass is 32.2. The van der Waals surface area contributed by atoms with Gasteiger partial charge in [0.15, 0.2) is 5.65 Å². The number of amides is 2. The Morgan fingerprint density at radius 3 is 2.86 bits per heavy atom. The number of methoxy groups -OCH3 is 1. The summed E-state index contributed by atoms with van der Waals surface area (Å²) in [7, 11) is 3.41. The molecule has 2 heterocycles. The predicted octanol–water partition coefficient (Wildman–Crippen LogP) is 2.38. The number of ether oxygens (including phenoxy) is 1. The first-order chi connectivity index (χ1) is 14.0. The van der Waals surface area contributed by atoms with Gasteiger partial charge in [-0.05, 0) is 25.1 Å². The summed E-state index contributed by atoms with van der Waals surface area (Å²) in [5.41, 5.74) is 2.71. The van der Waals surface area contributed by atoms with E-state index in [1.54, 1.807) is 30.1 Å². The van der Waals surface area contributed by atoms with Crippen molar-refractivity contribution in [3.8, 4) is 0 Å². The van der Waals surface area contributed by atoms with Crippen molar-refractivity contribution in [1.82, 2.24) is 20.1 Å². The van der Waals surface area contributed by atoms with Crippen molar-refractivity contribution < 1.29 is 14.3 Å². The van der Waals surface area contributed by atoms with E-state index in [-0.39, 0.29) is 17.6 Å². The van der Waals surface area contributed by atoms with Gasteiger partial charge in [-0.2, -0.15) is 5.10 Å². The van der Waals surface area contributed by atoms with E-state index in [4.69, 9.17) is 4.74 Å². The minimum absolute atomic E-state index is 0.107. The lowest BCUT2D eigenvalue weighted by Crippen LogP contribution is -2.28. The molecule has 0 fully saturated rings. The number of fused-ring (bicyclic) bond motifs is 1. The summed E-state index contributed by atoms with van der Waals surface area (Å²) in [6.45, 7) is 2.82. The van der Waals surface area contributed by atoms with E-state index in [0.717, 1.165) is 21.6 Å². The van der Waals surface area contributed by atoms with Crippen LogP contribution >= 0.6 is 11.8 Å². The summed E-state index contributed by atoms with van der Waals surface area (Å²) in [6, 6.07) is 9.07. The van der Waals surface area contributed by atoms with Gasteiger partial charge >= 0.3 is 0 Å². The molecule has 2 aromatic heterocycles. The highest BCUT2D eigenvalue weighted by Gasteiger charge is 2.14. The molecule has 1 aromatic carbocycles. The molecule has 152 valence electrons. The van der Waals surface area contributed by atoms with Crippen molar-refractivity contribution in [2.75, 3.05) is 31.3 Å². The molecule has 0 spiro atoms. The van der Waals surface area contributed by atoms with Crippen LogP contribution in [0.5, 0.6) is 0 Å². The molecule has 3 rings (SSSR count). The highest BCUT2D eigenvalue weighted by Crippen LogP contribution is 2.24. The number of nitrogens with zero attached hydrogens (tertiary/aromatic N) is 3. The normalized spacial score (nSPS) is 10.9. The van der Waals surface area contributed by atoms with Crippen LogP contribution in [0, 0.1) is 6.92 Å². The van der Waals surface area contributed by atoms with Crippen molar-refractivity contribution in [1.29, 1.82) is 0 Å². The maximum absolute atomic E-state index is 12.8. The molecule has 0 saturated heterocycles. The van der Waals surface area contributed by atoms with Gasteiger partial charge in [-0.25, -0.2) is 4.98 Å². The third-order valence-corrected chi connectivity index (χ3v) is 5.31. The molecule has 0 aliphatic heterocycles. The molecule has 0 aliphatic carbocycles. The number of benzene rings is 1. The molecule has 29 heavy (non-hydrogen) atoms. The van der Waals surface area contributed by atoms with Gasteiger partial charge in [-0.1, -0.05) is 12.1 Å². The number of rotatable bonds is 8. The average molecular weight is 414 g/mol. The fourth-order valence-corrected chi connectivity index (χ4v) is 3.72. The average Bonchev–Trinajstić information content (AvgIpc) is 3.00. The zero-order valence-corrected chi connectivity index (χ0v) is 17.4. The molecule has 0 radical (unpaired) electrons. The second-order valence-electron chi connectivity index (χ2n) is 6.39. The SMILES string of the molecule is COCCNC(=O)CSc1ccccc1C(=O)Nc1cnc2c(c1)c(C)nn2C. The van der Waals surface area contributed by atoms with Crippen LogP contribution in [0.15, 0.2) is 41.4 Å². The predicted molar refractivity (Wildman–Crippen MR) is 113 cm³/mol. The molecule has 3 aromatic rings. The molecule has 8 nitrogen and oxygen atoms in total. The Bertz CT molecular complexity index is 1030. The number of nitrogens with one attached hydrogen (secondary N) is 2. The van der Waals surface area contributed by atoms with Gasteiger partial charge in [0.1, 0.15) is 0 Å². The molecule has 2 N–H and O–H groups in total. The Kier molecular flexibility index (Phi) is 6.84. The summed E-state index contributed by atoms with van der Waals surface area (Å²) in [6.07, 6.45) is 1.61. The Hall–Kier alpha value is -2.91. The Morgan fingerprint density at radius 1 is 1.28 bits per heavy atom. The Morgan fingerprint density at radius 2 is 2.07 bits per heavy atom. The lowest BCUT2D eigenvalue weighted by atomic mass is 10.2.